The van der Waals surface area contributed by atoms with Gasteiger partial charge in [0.1, 0.15) is 0 Å². The molecule has 0 aliphatic heterocycles. The van der Waals surface area contributed by atoms with Gasteiger partial charge in [-0.2, -0.15) is 0 Å². The highest BCUT2D eigenvalue weighted by Crippen LogP contribution is 2.16. The van der Waals surface area contributed by atoms with Crippen molar-refractivity contribution in [1.82, 2.24) is 9.55 Å². The van der Waals surface area contributed by atoms with Crippen LogP contribution in [-0.2, 0) is 6.54 Å². The first kappa shape index (κ1) is 13.2. The first-order valence-corrected chi connectivity index (χ1v) is 5.92. The topological polar surface area (TPSA) is 78.0 Å². The van der Waals surface area contributed by atoms with Crippen LogP contribution < -0.4 is 5.56 Å². The summed E-state index contributed by atoms with van der Waals surface area (Å²) in [7, 11) is 0. The van der Waals surface area contributed by atoms with Gasteiger partial charge in [0.25, 0.3) is 11.2 Å². The van der Waals surface area contributed by atoms with Gasteiger partial charge < -0.3 is 0 Å². The van der Waals surface area contributed by atoms with Crippen molar-refractivity contribution in [2.45, 2.75) is 6.54 Å². The number of hydrogen-bond donors (Lipinski definition) is 0. The number of nitro benzene ring substituents is 1. The fraction of sp³-hybridized carbons (Fsp3) is 0.167. The molecule has 98 valence electrons. The highest BCUT2D eigenvalue weighted by atomic mass is 35.5. The van der Waals surface area contributed by atoms with Crippen molar-refractivity contribution in [3.8, 4) is 0 Å². The fourth-order valence-electron chi connectivity index (χ4n) is 1.66. The quantitative estimate of drug-likeness (QED) is 0.372. The molecule has 0 saturated carbocycles. The van der Waals surface area contributed by atoms with Crippen molar-refractivity contribution in [2.75, 3.05) is 5.88 Å². The first-order chi connectivity index (χ1) is 9.02. The molecule has 0 radical (unpaired) electrons. The summed E-state index contributed by atoms with van der Waals surface area (Å²) in [6.07, 6.45) is 1.38. The van der Waals surface area contributed by atoms with E-state index in [0.29, 0.717) is 11.1 Å². The molecule has 1 heterocycles. The summed E-state index contributed by atoms with van der Waals surface area (Å²) in [5.74, 6) is 0.236. The van der Waals surface area contributed by atoms with Crippen molar-refractivity contribution < 1.29 is 4.92 Å². The SMILES string of the molecule is C=C(CCl)Cn1cnc2ccc([N+](=O)[O-])cc2c1=O. The van der Waals surface area contributed by atoms with Gasteiger partial charge in [-0.25, -0.2) is 4.98 Å². The Morgan fingerprint density at radius 3 is 2.89 bits per heavy atom. The Hall–Kier alpha value is -2.21. The maximum absolute atomic E-state index is 12.2. The Bertz CT molecular complexity index is 724. The number of halogens is 1. The smallest absolute Gasteiger partial charge is 0.270 e. The van der Waals surface area contributed by atoms with Crippen LogP contribution in [0.5, 0.6) is 0 Å². The number of nitrogens with zero attached hydrogens (tertiary/aromatic N) is 3. The number of non-ortho nitro benzene ring substituents is 1. The molecular weight excluding hydrogens is 270 g/mol. The zero-order chi connectivity index (χ0) is 14.0. The van der Waals surface area contributed by atoms with Gasteiger partial charge in [-0.3, -0.25) is 19.5 Å². The molecule has 2 rings (SSSR count). The van der Waals surface area contributed by atoms with E-state index < -0.39 is 4.92 Å². The van der Waals surface area contributed by atoms with E-state index in [1.807, 2.05) is 0 Å². The molecule has 0 saturated heterocycles. The van der Waals surface area contributed by atoms with E-state index in [-0.39, 0.29) is 29.1 Å². The highest BCUT2D eigenvalue weighted by molar-refractivity contribution is 6.19. The van der Waals surface area contributed by atoms with Crippen LogP contribution in [0.2, 0.25) is 0 Å². The van der Waals surface area contributed by atoms with Crippen LogP contribution in [0.25, 0.3) is 10.9 Å². The van der Waals surface area contributed by atoms with Crippen molar-refractivity contribution in [2.24, 2.45) is 0 Å². The molecule has 0 fully saturated rings. The number of nitro groups is 1. The van der Waals surface area contributed by atoms with Crippen LogP contribution in [0.3, 0.4) is 0 Å². The maximum atomic E-state index is 12.2. The van der Waals surface area contributed by atoms with Gasteiger partial charge in [-0.05, 0) is 11.6 Å². The summed E-state index contributed by atoms with van der Waals surface area (Å²) in [6.45, 7) is 3.95. The minimum absolute atomic E-state index is 0.139. The summed E-state index contributed by atoms with van der Waals surface area (Å²) >= 11 is 5.61. The maximum Gasteiger partial charge on any atom is 0.270 e. The molecule has 1 aromatic heterocycles. The lowest BCUT2D eigenvalue weighted by atomic mass is 10.2. The summed E-state index contributed by atoms with van der Waals surface area (Å²) < 4.78 is 1.33. The standard InChI is InChI=1S/C12H10ClN3O3/c1-8(5-13)6-15-7-14-11-3-2-9(16(18)19)4-10(11)12(15)17/h2-4,7H,1,5-6H2. The third kappa shape index (κ3) is 2.63. The van der Waals surface area contributed by atoms with Gasteiger partial charge in [0.05, 0.1) is 22.2 Å². The third-order valence-corrected chi connectivity index (χ3v) is 2.98. The number of benzene rings is 1. The minimum Gasteiger partial charge on any atom is -0.295 e. The van der Waals surface area contributed by atoms with Crippen LogP contribution in [0.1, 0.15) is 0 Å². The Labute approximate surface area is 113 Å². The van der Waals surface area contributed by atoms with Gasteiger partial charge >= 0.3 is 0 Å². The van der Waals surface area contributed by atoms with E-state index in [2.05, 4.69) is 11.6 Å². The van der Waals surface area contributed by atoms with E-state index in [0.717, 1.165) is 0 Å². The molecular formula is C12H10ClN3O3. The van der Waals surface area contributed by atoms with Crippen molar-refractivity contribution in [3.63, 3.8) is 0 Å². The summed E-state index contributed by atoms with van der Waals surface area (Å²) in [5, 5.41) is 10.9. The van der Waals surface area contributed by atoms with Gasteiger partial charge in [-0.15, -0.1) is 11.6 Å². The lowest BCUT2D eigenvalue weighted by Gasteiger charge is -2.06. The third-order valence-electron chi connectivity index (χ3n) is 2.60. The molecule has 6 nitrogen and oxygen atoms in total. The average Bonchev–Trinajstić information content (AvgIpc) is 2.41. The molecule has 0 spiro atoms. The molecule has 19 heavy (non-hydrogen) atoms. The van der Waals surface area contributed by atoms with Crippen molar-refractivity contribution >= 4 is 28.2 Å². The summed E-state index contributed by atoms with van der Waals surface area (Å²) in [5.41, 5.74) is 0.596. The predicted molar refractivity (Wildman–Crippen MR) is 72.5 cm³/mol. The molecule has 0 unspecified atom stereocenters. The molecule has 0 amide bonds. The Balaban J connectivity index is 2.59. The zero-order valence-corrected chi connectivity index (χ0v) is 10.6. The Morgan fingerprint density at radius 2 is 2.26 bits per heavy atom. The summed E-state index contributed by atoms with van der Waals surface area (Å²) in [4.78, 5) is 26.4. The first-order valence-electron chi connectivity index (χ1n) is 5.39. The molecule has 0 aliphatic carbocycles. The van der Waals surface area contributed by atoms with Crippen LogP contribution in [0.15, 0.2) is 41.5 Å². The number of fused-ring (bicyclic) bond motifs is 1. The largest absolute Gasteiger partial charge is 0.295 e. The molecule has 7 heteroatoms. The van der Waals surface area contributed by atoms with Crippen LogP contribution in [-0.4, -0.2) is 20.4 Å². The number of rotatable bonds is 4. The second-order valence-electron chi connectivity index (χ2n) is 4.02. The van der Waals surface area contributed by atoms with Crippen LogP contribution in [0, 0.1) is 10.1 Å². The second-order valence-corrected chi connectivity index (χ2v) is 4.29. The monoisotopic (exact) mass is 279 g/mol. The van der Waals surface area contributed by atoms with E-state index in [1.54, 1.807) is 0 Å². The molecule has 0 N–H and O–H groups in total. The number of allylic oxidation sites excluding steroid dienone is 1. The van der Waals surface area contributed by atoms with Gasteiger partial charge in [-0.1, -0.05) is 6.58 Å². The molecule has 1 aromatic carbocycles. The van der Waals surface area contributed by atoms with Crippen LogP contribution in [0.4, 0.5) is 5.69 Å². The molecule has 0 bridgehead atoms. The molecule has 0 aliphatic rings. The lowest BCUT2D eigenvalue weighted by molar-refractivity contribution is -0.384. The number of alkyl halides is 1. The fourth-order valence-corrected chi connectivity index (χ4v) is 1.74. The van der Waals surface area contributed by atoms with E-state index in [4.69, 9.17) is 11.6 Å². The number of hydrogen-bond acceptors (Lipinski definition) is 4. The van der Waals surface area contributed by atoms with Gasteiger partial charge in [0, 0.05) is 24.6 Å². The van der Waals surface area contributed by atoms with E-state index in [9.17, 15) is 14.9 Å². The van der Waals surface area contributed by atoms with Crippen LogP contribution >= 0.6 is 11.6 Å². The minimum atomic E-state index is -0.548. The Kier molecular flexibility index (Phi) is 3.62. The van der Waals surface area contributed by atoms with E-state index >= 15 is 0 Å². The highest BCUT2D eigenvalue weighted by Gasteiger charge is 2.11. The average molecular weight is 280 g/mol. The molecule has 0 atom stereocenters. The van der Waals surface area contributed by atoms with Crippen molar-refractivity contribution in [3.05, 3.63) is 57.1 Å². The second kappa shape index (κ2) is 5.19. The van der Waals surface area contributed by atoms with Gasteiger partial charge in [0.2, 0.25) is 0 Å². The molecule has 2 aromatic rings. The lowest BCUT2D eigenvalue weighted by Crippen LogP contribution is -2.21. The normalized spacial score (nSPS) is 10.6. The number of aromatic nitrogens is 2. The summed E-state index contributed by atoms with van der Waals surface area (Å²) in [6, 6.07) is 4.00. The van der Waals surface area contributed by atoms with Crippen molar-refractivity contribution in [1.29, 1.82) is 0 Å². The zero-order valence-electron chi connectivity index (χ0n) is 9.88. The Morgan fingerprint density at radius 1 is 1.53 bits per heavy atom. The van der Waals surface area contributed by atoms with Gasteiger partial charge in [0.15, 0.2) is 0 Å². The van der Waals surface area contributed by atoms with E-state index in [1.165, 1.54) is 29.1 Å². The predicted octanol–water partition coefficient (Wildman–Crippen LogP) is 2.10.